The molecule has 21 heavy (non-hydrogen) atoms. The van der Waals surface area contributed by atoms with Crippen molar-refractivity contribution < 1.29 is 14.3 Å². The van der Waals surface area contributed by atoms with Crippen LogP contribution in [0.2, 0.25) is 0 Å². The van der Waals surface area contributed by atoms with Crippen LogP contribution in [0.5, 0.6) is 0 Å². The lowest BCUT2D eigenvalue weighted by Crippen LogP contribution is -2.53. The molecule has 0 aromatic heterocycles. The van der Waals surface area contributed by atoms with E-state index < -0.39 is 5.60 Å². The maximum absolute atomic E-state index is 13.1. The van der Waals surface area contributed by atoms with E-state index in [9.17, 15) is 14.3 Å². The van der Waals surface area contributed by atoms with Gasteiger partial charge in [-0.05, 0) is 30.5 Å². The van der Waals surface area contributed by atoms with E-state index in [1.54, 1.807) is 12.1 Å². The Morgan fingerprint density at radius 3 is 2.24 bits per heavy atom. The van der Waals surface area contributed by atoms with Crippen LogP contribution in [0, 0.1) is 11.7 Å². The van der Waals surface area contributed by atoms with Gasteiger partial charge in [-0.1, -0.05) is 26.0 Å². The van der Waals surface area contributed by atoms with Crippen molar-refractivity contribution in [1.82, 2.24) is 4.90 Å². The highest BCUT2D eigenvalue weighted by atomic mass is 19.1. The van der Waals surface area contributed by atoms with E-state index in [1.165, 1.54) is 12.1 Å². The normalized spacial score (nSPS) is 31.8. The number of halogens is 1. The molecule has 3 rings (SSSR count). The molecule has 0 saturated carbocycles. The number of hydrogen-bond donors (Lipinski definition) is 1. The number of benzene rings is 1. The van der Waals surface area contributed by atoms with Crippen molar-refractivity contribution in [2.24, 2.45) is 5.92 Å². The number of carbonyl (C=O) groups excluding carboxylic acids is 1. The van der Waals surface area contributed by atoms with Crippen molar-refractivity contribution >= 4 is 5.91 Å². The van der Waals surface area contributed by atoms with Gasteiger partial charge in [-0.25, -0.2) is 4.39 Å². The zero-order chi connectivity index (χ0) is 15.2. The molecule has 2 heterocycles. The second-order valence-electron chi connectivity index (χ2n) is 6.73. The Bertz CT molecular complexity index is 526. The van der Waals surface area contributed by atoms with Crippen LogP contribution >= 0.6 is 0 Å². The van der Waals surface area contributed by atoms with Crippen molar-refractivity contribution in [3.05, 3.63) is 35.6 Å². The SMILES string of the molecule is CC(C)C(=O)N1[C@@H]2CC[C@H]1CC(O)(c1ccc(F)cc1)C2. The zero-order valence-corrected chi connectivity index (χ0v) is 12.6. The van der Waals surface area contributed by atoms with E-state index in [1.807, 2.05) is 18.7 Å². The molecule has 1 aromatic carbocycles. The third-order valence-corrected chi connectivity index (χ3v) is 4.90. The average Bonchev–Trinajstić information content (AvgIpc) is 2.71. The van der Waals surface area contributed by atoms with Gasteiger partial charge in [0.05, 0.1) is 5.60 Å². The summed E-state index contributed by atoms with van der Waals surface area (Å²) < 4.78 is 13.1. The number of piperidine rings is 1. The van der Waals surface area contributed by atoms with E-state index in [0.29, 0.717) is 12.8 Å². The first-order chi connectivity index (χ1) is 9.90. The molecule has 0 radical (unpaired) electrons. The molecule has 114 valence electrons. The fraction of sp³-hybridized carbons (Fsp3) is 0.588. The minimum atomic E-state index is -0.937. The van der Waals surface area contributed by atoms with Gasteiger partial charge in [0.1, 0.15) is 5.82 Å². The van der Waals surface area contributed by atoms with E-state index in [4.69, 9.17) is 0 Å². The molecular weight excluding hydrogens is 269 g/mol. The summed E-state index contributed by atoms with van der Waals surface area (Å²) >= 11 is 0. The van der Waals surface area contributed by atoms with Gasteiger partial charge in [0.2, 0.25) is 5.91 Å². The number of fused-ring (bicyclic) bond motifs is 2. The number of carbonyl (C=O) groups is 1. The van der Waals surface area contributed by atoms with Crippen molar-refractivity contribution in [2.75, 3.05) is 0 Å². The minimum absolute atomic E-state index is 0.00915. The molecule has 2 saturated heterocycles. The van der Waals surface area contributed by atoms with Gasteiger partial charge in [-0.2, -0.15) is 0 Å². The highest BCUT2D eigenvalue weighted by Crippen LogP contribution is 2.46. The molecule has 4 heteroatoms. The smallest absolute Gasteiger partial charge is 0.225 e. The van der Waals surface area contributed by atoms with Crippen LogP contribution in [0.25, 0.3) is 0 Å². The molecule has 1 amide bonds. The monoisotopic (exact) mass is 291 g/mol. The summed E-state index contributed by atoms with van der Waals surface area (Å²) in [5.74, 6) is -0.119. The van der Waals surface area contributed by atoms with Crippen LogP contribution in [-0.4, -0.2) is 28.0 Å². The molecule has 3 nitrogen and oxygen atoms in total. The Morgan fingerprint density at radius 2 is 1.76 bits per heavy atom. The van der Waals surface area contributed by atoms with Gasteiger partial charge in [0.15, 0.2) is 0 Å². The van der Waals surface area contributed by atoms with Crippen molar-refractivity contribution in [2.45, 2.75) is 57.2 Å². The van der Waals surface area contributed by atoms with E-state index in [2.05, 4.69) is 0 Å². The standard InChI is InChI=1S/C17H22FNO2/c1-11(2)16(20)19-14-7-8-15(19)10-17(21,9-14)12-3-5-13(18)6-4-12/h3-6,11,14-15,21H,7-10H2,1-2H3/t14-,15+,17?. The van der Waals surface area contributed by atoms with Crippen LogP contribution in [0.15, 0.2) is 24.3 Å². The number of hydrogen-bond acceptors (Lipinski definition) is 2. The molecule has 1 N–H and O–H groups in total. The fourth-order valence-corrected chi connectivity index (χ4v) is 3.88. The molecule has 3 atom stereocenters. The van der Waals surface area contributed by atoms with Crippen LogP contribution in [0.3, 0.4) is 0 Å². The molecule has 2 aliphatic rings. The van der Waals surface area contributed by atoms with Gasteiger partial charge in [-0.3, -0.25) is 4.79 Å². The molecule has 0 spiro atoms. The topological polar surface area (TPSA) is 40.5 Å². The van der Waals surface area contributed by atoms with Gasteiger partial charge in [0, 0.05) is 30.8 Å². The second-order valence-corrected chi connectivity index (χ2v) is 6.73. The Kier molecular flexibility index (Phi) is 3.52. The molecule has 2 fully saturated rings. The van der Waals surface area contributed by atoms with E-state index in [0.717, 1.165) is 18.4 Å². The Morgan fingerprint density at radius 1 is 1.24 bits per heavy atom. The van der Waals surface area contributed by atoms with Gasteiger partial charge in [0.25, 0.3) is 0 Å². The van der Waals surface area contributed by atoms with Crippen molar-refractivity contribution in [3.63, 3.8) is 0 Å². The first-order valence-corrected chi connectivity index (χ1v) is 7.71. The zero-order valence-electron chi connectivity index (χ0n) is 12.6. The third-order valence-electron chi connectivity index (χ3n) is 4.90. The third kappa shape index (κ3) is 2.46. The summed E-state index contributed by atoms with van der Waals surface area (Å²) in [5, 5.41) is 11.0. The summed E-state index contributed by atoms with van der Waals surface area (Å²) in [7, 11) is 0. The fourth-order valence-electron chi connectivity index (χ4n) is 3.88. The molecule has 1 aromatic rings. The lowest BCUT2D eigenvalue weighted by atomic mass is 9.80. The highest BCUT2D eigenvalue weighted by molar-refractivity contribution is 5.79. The van der Waals surface area contributed by atoms with Crippen molar-refractivity contribution in [3.8, 4) is 0 Å². The van der Waals surface area contributed by atoms with E-state index in [-0.39, 0.29) is 29.7 Å². The first kappa shape index (κ1) is 14.5. The Balaban J connectivity index is 1.85. The van der Waals surface area contributed by atoms with Crippen molar-refractivity contribution in [1.29, 1.82) is 0 Å². The van der Waals surface area contributed by atoms with Gasteiger partial charge < -0.3 is 10.0 Å². The molecule has 1 unspecified atom stereocenters. The first-order valence-electron chi connectivity index (χ1n) is 7.71. The average molecular weight is 291 g/mol. The molecule has 2 bridgehead atoms. The number of aliphatic hydroxyl groups is 1. The number of nitrogens with zero attached hydrogens (tertiary/aromatic N) is 1. The molecule has 2 aliphatic heterocycles. The minimum Gasteiger partial charge on any atom is -0.385 e. The van der Waals surface area contributed by atoms with Gasteiger partial charge in [-0.15, -0.1) is 0 Å². The maximum Gasteiger partial charge on any atom is 0.225 e. The van der Waals surface area contributed by atoms with Gasteiger partial charge >= 0.3 is 0 Å². The second kappa shape index (κ2) is 5.09. The quantitative estimate of drug-likeness (QED) is 0.910. The Labute approximate surface area is 124 Å². The summed E-state index contributed by atoms with van der Waals surface area (Å²) in [5.41, 5.74) is -0.176. The lowest BCUT2D eigenvalue weighted by Gasteiger charge is -2.44. The predicted molar refractivity (Wildman–Crippen MR) is 78.0 cm³/mol. The number of amides is 1. The Hall–Kier alpha value is -1.42. The lowest BCUT2D eigenvalue weighted by molar-refractivity contribution is -0.145. The highest BCUT2D eigenvalue weighted by Gasteiger charge is 2.50. The summed E-state index contributed by atoms with van der Waals surface area (Å²) in [6.45, 7) is 3.84. The summed E-state index contributed by atoms with van der Waals surface area (Å²) in [6.07, 6.45) is 3.00. The van der Waals surface area contributed by atoms with Crippen LogP contribution in [0.1, 0.15) is 45.1 Å². The van der Waals surface area contributed by atoms with Crippen LogP contribution in [-0.2, 0) is 10.4 Å². The molecular formula is C17H22FNO2. The summed E-state index contributed by atoms with van der Waals surface area (Å²) in [4.78, 5) is 14.3. The summed E-state index contributed by atoms with van der Waals surface area (Å²) in [6, 6.07) is 6.31. The maximum atomic E-state index is 13.1. The van der Waals surface area contributed by atoms with E-state index >= 15 is 0 Å². The van der Waals surface area contributed by atoms with Crippen LogP contribution in [0.4, 0.5) is 4.39 Å². The molecule has 0 aliphatic carbocycles. The largest absolute Gasteiger partial charge is 0.385 e. The number of rotatable bonds is 2. The van der Waals surface area contributed by atoms with Crippen LogP contribution < -0.4 is 0 Å². The predicted octanol–water partition coefficient (Wildman–Crippen LogP) is 2.82.